The molecule has 1 unspecified atom stereocenters. The number of nitrogens with two attached hydrogens (primary N) is 1. The molecule has 1 rings (SSSR count). The summed E-state index contributed by atoms with van der Waals surface area (Å²) in [4.78, 5) is 22.7. The fraction of sp³-hybridized carbons (Fsp3) is 0.385. The number of carbonyl (C=O) groups excluding carboxylic acids is 1. The lowest BCUT2D eigenvalue weighted by molar-refractivity contribution is -0.121. The lowest BCUT2D eigenvalue weighted by Crippen LogP contribution is -2.39. The first kappa shape index (κ1) is 16.7. The summed E-state index contributed by atoms with van der Waals surface area (Å²) in [5, 5.41) is 14.1. The average Bonchev–Trinajstić information content (AvgIpc) is 2.41. The van der Waals surface area contributed by atoms with Crippen molar-refractivity contribution in [1.29, 1.82) is 0 Å². The van der Waals surface area contributed by atoms with Gasteiger partial charge in [-0.2, -0.15) is 0 Å². The van der Waals surface area contributed by atoms with Crippen molar-refractivity contribution in [3.63, 3.8) is 0 Å². The van der Waals surface area contributed by atoms with Gasteiger partial charge in [0.1, 0.15) is 11.9 Å². The Labute approximate surface area is 121 Å². The molecule has 0 fully saturated rings. The zero-order chi connectivity index (χ0) is 16.0. The summed E-state index contributed by atoms with van der Waals surface area (Å²) in [5.41, 5.74) is 4.91. The molecule has 1 amide bonds. The molecule has 0 heterocycles. The van der Waals surface area contributed by atoms with E-state index < -0.39 is 17.8 Å². The first-order valence-electron chi connectivity index (χ1n) is 6.22. The lowest BCUT2D eigenvalue weighted by atomic mass is 10.1. The molecule has 0 spiro atoms. The monoisotopic (exact) mass is 299 g/mol. The number of rotatable bonds is 7. The minimum absolute atomic E-state index is 0.101. The quantitative estimate of drug-likeness (QED) is 0.435. The molecular formula is C13H18FN3O4. The Morgan fingerprint density at radius 1 is 1.48 bits per heavy atom. The highest BCUT2D eigenvalue weighted by molar-refractivity contribution is 5.95. The average molecular weight is 299 g/mol. The van der Waals surface area contributed by atoms with E-state index in [0.29, 0.717) is 13.2 Å². The highest BCUT2D eigenvalue weighted by Gasteiger charge is 2.17. The van der Waals surface area contributed by atoms with Crippen LogP contribution in [-0.4, -0.2) is 43.3 Å². The van der Waals surface area contributed by atoms with E-state index in [-0.39, 0.29) is 22.8 Å². The molecule has 116 valence electrons. The molecular weight excluding hydrogens is 281 g/mol. The van der Waals surface area contributed by atoms with Gasteiger partial charge in [-0.15, -0.1) is 0 Å². The summed E-state index contributed by atoms with van der Waals surface area (Å²) in [7, 11) is 1.50. The molecule has 0 aliphatic rings. The van der Waals surface area contributed by atoms with E-state index in [1.54, 1.807) is 0 Å². The highest BCUT2D eigenvalue weighted by atomic mass is 19.1. The van der Waals surface area contributed by atoms with E-state index in [1.807, 2.05) is 0 Å². The Morgan fingerprint density at radius 3 is 2.71 bits per heavy atom. The van der Waals surface area contributed by atoms with Gasteiger partial charge in [-0.3, -0.25) is 4.79 Å². The van der Waals surface area contributed by atoms with Crippen molar-refractivity contribution in [2.45, 2.75) is 13.0 Å². The SMILES string of the molecule is COCCNC(=O)C(C)Nc1cc(C(=O)O)c(N)cc1F. The number of hydrogen-bond acceptors (Lipinski definition) is 5. The van der Waals surface area contributed by atoms with Gasteiger partial charge < -0.3 is 26.2 Å². The predicted molar refractivity (Wildman–Crippen MR) is 75.7 cm³/mol. The second kappa shape index (κ2) is 7.44. The van der Waals surface area contributed by atoms with Gasteiger partial charge in [0.2, 0.25) is 5.91 Å². The van der Waals surface area contributed by atoms with Crippen molar-refractivity contribution in [3.8, 4) is 0 Å². The lowest BCUT2D eigenvalue weighted by Gasteiger charge is -2.16. The second-order valence-corrected chi connectivity index (χ2v) is 4.37. The summed E-state index contributed by atoms with van der Waals surface area (Å²) >= 11 is 0. The zero-order valence-electron chi connectivity index (χ0n) is 11.8. The first-order chi connectivity index (χ1) is 9.86. The van der Waals surface area contributed by atoms with Crippen LogP contribution in [0, 0.1) is 5.82 Å². The number of methoxy groups -OCH3 is 1. The molecule has 0 aliphatic heterocycles. The van der Waals surface area contributed by atoms with Crippen molar-refractivity contribution in [2.24, 2.45) is 0 Å². The minimum Gasteiger partial charge on any atom is -0.478 e. The van der Waals surface area contributed by atoms with Crippen molar-refractivity contribution < 1.29 is 23.8 Å². The van der Waals surface area contributed by atoms with Crippen LogP contribution in [0.1, 0.15) is 17.3 Å². The van der Waals surface area contributed by atoms with Gasteiger partial charge in [0, 0.05) is 19.3 Å². The number of anilines is 2. The van der Waals surface area contributed by atoms with Crippen molar-refractivity contribution in [2.75, 3.05) is 31.3 Å². The molecule has 0 radical (unpaired) electrons. The Morgan fingerprint density at radius 2 is 2.14 bits per heavy atom. The molecule has 5 N–H and O–H groups in total. The fourth-order valence-corrected chi connectivity index (χ4v) is 1.61. The van der Waals surface area contributed by atoms with Crippen molar-refractivity contribution in [1.82, 2.24) is 5.32 Å². The van der Waals surface area contributed by atoms with Gasteiger partial charge in [0.05, 0.1) is 17.9 Å². The number of carbonyl (C=O) groups is 2. The third-order valence-corrected chi connectivity index (χ3v) is 2.74. The third kappa shape index (κ3) is 4.60. The standard InChI is InChI=1S/C13H18FN3O4/c1-7(12(18)16-3-4-21-2)17-11-5-8(13(19)20)10(15)6-9(11)14/h5-7,17H,3-4,15H2,1-2H3,(H,16,18)(H,19,20). The summed E-state index contributed by atoms with van der Waals surface area (Å²) in [6.07, 6.45) is 0. The van der Waals surface area contributed by atoms with Crippen molar-refractivity contribution >= 4 is 23.3 Å². The van der Waals surface area contributed by atoms with Crippen LogP contribution in [0.4, 0.5) is 15.8 Å². The predicted octanol–water partition coefficient (Wildman–Crippen LogP) is 0.669. The van der Waals surface area contributed by atoms with Crippen molar-refractivity contribution in [3.05, 3.63) is 23.5 Å². The van der Waals surface area contributed by atoms with E-state index in [1.165, 1.54) is 14.0 Å². The molecule has 1 aromatic rings. The largest absolute Gasteiger partial charge is 0.478 e. The third-order valence-electron chi connectivity index (χ3n) is 2.74. The summed E-state index contributed by atoms with van der Waals surface area (Å²) in [6.45, 7) is 2.21. The first-order valence-corrected chi connectivity index (χ1v) is 6.22. The van der Waals surface area contributed by atoms with Crippen LogP contribution < -0.4 is 16.4 Å². The number of ether oxygens (including phenoxy) is 1. The normalized spacial score (nSPS) is 11.8. The van der Waals surface area contributed by atoms with E-state index in [4.69, 9.17) is 15.6 Å². The zero-order valence-corrected chi connectivity index (χ0v) is 11.8. The van der Waals surface area contributed by atoms with E-state index in [0.717, 1.165) is 12.1 Å². The number of halogens is 1. The van der Waals surface area contributed by atoms with Crippen LogP contribution in [-0.2, 0) is 9.53 Å². The van der Waals surface area contributed by atoms with Gasteiger partial charge in [-0.05, 0) is 19.1 Å². The van der Waals surface area contributed by atoms with E-state index >= 15 is 0 Å². The summed E-state index contributed by atoms with van der Waals surface area (Å²) in [6, 6.07) is 1.22. The Hall–Kier alpha value is -2.35. The van der Waals surface area contributed by atoms with Gasteiger partial charge in [0.25, 0.3) is 0 Å². The van der Waals surface area contributed by atoms with Gasteiger partial charge in [-0.1, -0.05) is 0 Å². The van der Waals surface area contributed by atoms with Gasteiger partial charge in [0.15, 0.2) is 0 Å². The number of carboxylic acids is 1. The summed E-state index contributed by atoms with van der Waals surface area (Å²) in [5.74, 6) is -2.36. The minimum atomic E-state index is -1.27. The molecule has 8 heteroatoms. The van der Waals surface area contributed by atoms with Crippen LogP contribution in [0.25, 0.3) is 0 Å². The topological polar surface area (TPSA) is 114 Å². The summed E-state index contributed by atoms with van der Waals surface area (Å²) < 4.78 is 18.5. The number of benzene rings is 1. The number of carboxylic acid groups (broad SMARTS) is 1. The van der Waals surface area contributed by atoms with Crippen LogP contribution >= 0.6 is 0 Å². The van der Waals surface area contributed by atoms with Crippen LogP contribution in [0.2, 0.25) is 0 Å². The molecule has 0 saturated heterocycles. The Balaban J connectivity index is 2.80. The number of nitrogen functional groups attached to an aromatic ring is 1. The maximum atomic E-state index is 13.7. The molecule has 0 aliphatic carbocycles. The fourth-order valence-electron chi connectivity index (χ4n) is 1.61. The Bertz CT molecular complexity index is 536. The van der Waals surface area contributed by atoms with Crippen LogP contribution in [0.3, 0.4) is 0 Å². The number of hydrogen-bond donors (Lipinski definition) is 4. The molecule has 1 atom stereocenters. The highest BCUT2D eigenvalue weighted by Crippen LogP contribution is 2.22. The molecule has 0 bridgehead atoms. The van der Waals surface area contributed by atoms with E-state index in [2.05, 4.69) is 10.6 Å². The maximum absolute atomic E-state index is 13.7. The molecule has 1 aromatic carbocycles. The van der Waals surface area contributed by atoms with Crippen LogP contribution in [0.5, 0.6) is 0 Å². The molecule has 21 heavy (non-hydrogen) atoms. The molecule has 0 aromatic heterocycles. The molecule has 7 nitrogen and oxygen atoms in total. The number of aromatic carboxylic acids is 1. The van der Waals surface area contributed by atoms with Gasteiger partial charge in [-0.25, -0.2) is 9.18 Å². The Kier molecular flexibility index (Phi) is 5.92. The smallest absolute Gasteiger partial charge is 0.337 e. The van der Waals surface area contributed by atoms with Gasteiger partial charge >= 0.3 is 5.97 Å². The maximum Gasteiger partial charge on any atom is 0.337 e. The number of amides is 1. The molecule has 0 saturated carbocycles. The van der Waals surface area contributed by atoms with E-state index in [9.17, 15) is 14.0 Å². The number of nitrogens with one attached hydrogen (secondary N) is 2. The second-order valence-electron chi connectivity index (χ2n) is 4.37. The van der Waals surface area contributed by atoms with Crippen LogP contribution in [0.15, 0.2) is 12.1 Å².